The Hall–Kier alpha value is -1.51. The molecule has 0 aliphatic carbocycles. The van der Waals surface area contributed by atoms with Gasteiger partial charge in [0.05, 0.1) is 7.11 Å². The molecular formula is C13H19NO2. The lowest BCUT2D eigenvalue weighted by Crippen LogP contribution is -2.30. The maximum Gasteiger partial charge on any atom is 0.328 e. The average Bonchev–Trinajstić information content (AvgIpc) is 2.30. The largest absolute Gasteiger partial charge is 0.467 e. The second-order valence-corrected chi connectivity index (χ2v) is 3.82. The van der Waals surface area contributed by atoms with Gasteiger partial charge in [-0.05, 0) is 25.0 Å². The Labute approximate surface area is 96.8 Å². The fraction of sp³-hybridized carbons (Fsp3) is 0.462. The molecule has 3 nitrogen and oxygen atoms in total. The van der Waals surface area contributed by atoms with Crippen molar-refractivity contribution in [3.8, 4) is 0 Å². The minimum Gasteiger partial charge on any atom is -0.467 e. The van der Waals surface area contributed by atoms with Gasteiger partial charge >= 0.3 is 5.97 Å². The quantitative estimate of drug-likeness (QED) is 0.777. The second kappa shape index (κ2) is 6.16. The first-order valence-corrected chi connectivity index (χ1v) is 5.59. The molecule has 1 aromatic rings. The van der Waals surface area contributed by atoms with Crippen molar-refractivity contribution in [3.05, 3.63) is 29.8 Å². The van der Waals surface area contributed by atoms with E-state index in [9.17, 15) is 4.79 Å². The summed E-state index contributed by atoms with van der Waals surface area (Å²) in [5, 5.41) is 3.22. The third kappa shape index (κ3) is 3.26. The molecule has 1 atom stereocenters. The molecule has 1 rings (SSSR count). The molecule has 16 heavy (non-hydrogen) atoms. The van der Waals surface area contributed by atoms with Gasteiger partial charge in [-0.1, -0.05) is 31.5 Å². The Balaban J connectivity index is 2.75. The summed E-state index contributed by atoms with van der Waals surface area (Å²) in [6, 6.07) is 7.67. The molecule has 1 unspecified atom stereocenters. The van der Waals surface area contributed by atoms with Crippen LogP contribution in [0.3, 0.4) is 0 Å². The van der Waals surface area contributed by atoms with E-state index in [0.717, 1.165) is 24.1 Å². The van der Waals surface area contributed by atoms with Crippen LogP contribution in [0, 0.1) is 6.92 Å². The molecule has 0 bridgehead atoms. The van der Waals surface area contributed by atoms with Gasteiger partial charge in [0, 0.05) is 5.69 Å². The van der Waals surface area contributed by atoms with E-state index in [4.69, 9.17) is 4.74 Å². The molecule has 88 valence electrons. The Morgan fingerprint density at radius 2 is 2.12 bits per heavy atom. The Kier molecular flexibility index (Phi) is 4.83. The summed E-state index contributed by atoms with van der Waals surface area (Å²) in [6.45, 7) is 4.07. The number of rotatable bonds is 5. The van der Waals surface area contributed by atoms with Gasteiger partial charge in [-0.25, -0.2) is 4.79 Å². The summed E-state index contributed by atoms with van der Waals surface area (Å²) in [7, 11) is 1.42. The number of nitrogens with one attached hydrogen (secondary N) is 1. The van der Waals surface area contributed by atoms with Crippen molar-refractivity contribution < 1.29 is 9.53 Å². The summed E-state index contributed by atoms with van der Waals surface area (Å²) >= 11 is 0. The van der Waals surface area contributed by atoms with Crippen LogP contribution in [0.15, 0.2) is 24.3 Å². The van der Waals surface area contributed by atoms with Gasteiger partial charge < -0.3 is 10.1 Å². The fourth-order valence-electron chi connectivity index (χ4n) is 1.60. The number of carbonyl (C=O) groups excluding carboxylic acids is 1. The van der Waals surface area contributed by atoms with E-state index in [0.29, 0.717) is 0 Å². The molecule has 3 heteroatoms. The first-order valence-electron chi connectivity index (χ1n) is 5.59. The molecule has 0 amide bonds. The molecule has 1 aromatic carbocycles. The molecular weight excluding hydrogens is 202 g/mol. The number of aryl methyl sites for hydroxylation is 1. The predicted molar refractivity (Wildman–Crippen MR) is 65.5 cm³/mol. The molecule has 0 fully saturated rings. The molecule has 0 aliphatic heterocycles. The van der Waals surface area contributed by atoms with Crippen LogP contribution in [0.25, 0.3) is 0 Å². The maximum absolute atomic E-state index is 11.5. The number of ether oxygens (including phenoxy) is 1. The van der Waals surface area contributed by atoms with Crippen molar-refractivity contribution in [2.45, 2.75) is 32.7 Å². The van der Waals surface area contributed by atoms with Crippen molar-refractivity contribution in [2.24, 2.45) is 0 Å². The topological polar surface area (TPSA) is 38.3 Å². The van der Waals surface area contributed by atoms with E-state index in [1.54, 1.807) is 0 Å². The van der Waals surface area contributed by atoms with E-state index in [-0.39, 0.29) is 12.0 Å². The third-order valence-corrected chi connectivity index (χ3v) is 2.54. The first-order chi connectivity index (χ1) is 7.69. The smallest absolute Gasteiger partial charge is 0.328 e. The summed E-state index contributed by atoms with van der Waals surface area (Å²) in [6.07, 6.45) is 1.72. The van der Waals surface area contributed by atoms with Gasteiger partial charge in [-0.15, -0.1) is 0 Å². The number of para-hydroxylation sites is 1. The summed E-state index contributed by atoms with van der Waals surface area (Å²) in [5.74, 6) is -0.204. The normalized spacial score (nSPS) is 11.9. The van der Waals surface area contributed by atoms with Crippen LogP contribution in [0.2, 0.25) is 0 Å². The average molecular weight is 221 g/mol. The lowest BCUT2D eigenvalue weighted by molar-refractivity contribution is -0.141. The zero-order chi connectivity index (χ0) is 12.0. The highest BCUT2D eigenvalue weighted by molar-refractivity contribution is 5.79. The van der Waals surface area contributed by atoms with E-state index in [1.165, 1.54) is 7.11 Å². The standard InChI is InChI=1S/C13H19NO2/c1-4-7-12(13(15)16-3)14-11-9-6-5-8-10(11)2/h5-6,8-9,12,14H,4,7H2,1-3H3. The Bertz CT molecular complexity index is 350. The van der Waals surface area contributed by atoms with E-state index in [1.807, 2.05) is 31.2 Å². The highest BCUT2D eigenvalue weighted by atomic mass is 16.5. The fourth-order valence-corrected chi connectivity index (χ4v) is 1.60. The van der Waals surface area contributed by atoms with Gasteiger partial charge in [0.1, 0.15) is 6.04 Å². The van der Waals surface area contributed by atoms with E-state index in [2.05, 4.69) is 12.2 Å². The van der Waals surface area contributed by atoms with Crippen LogP contribution in [0.4, 0.5) is 5.69 Å². The molecule has 1 N–H and O–H groups in total. The molecule has 0 saturated carbocycles. The van der Waals surface area contributed by atoms with Crippen LogP contribution < -0.4 is 5.32 Å². The summed E-state index contributed by atoms with van der Waals surface area (Å²) in [4.78, 5) is 11.5. The number of anilines is 1. The minimum atomic E-state index is -0.254. The van der Waals surface area contributed by atoms with Crippen molar-refractivity contribution in [3.63, 3.8) is 0 Å². The third-order valence-electron chi connectivity index (χ3n) is 2.54. The van der Waals surface area contributed by atoms with Gasteiger partial charge in [0.15, 0.2) is 0 Å². The Morgan fingerprint density at radius 1 is 1.44 bits per heavy atom. The lowest BCUT2D eigenvalue weighted by Gasteiger charge is -2.18. The molecule has 0 radical (unpaired) electrons. The predicted octanol–water partition coefficient (Wildman–Crippen LogP) is 2.75. The minimum absolute atomic E-state index is 0.204. The van der Waals surface area contributed by atoms with Crippen molar-refractivity contribution in [1.82, 2.24) is 0 Å². The summed E-state index contributed by atoms with van der Waals surface area (Å²) in [5.41, 5.74) is 2.12. The van der Waals surface area contributed by atoms with Crippen LogP contribution >= 0.6 is 0 Å². The lowest BCUT2D eigenvalue weighted by atomic mass is 10.1. The van der Waals surface area contributed by atoms with Crippen LogP contribution in [0.1, 0.15) is 25.3 Å². The van der Waals surface area contributed by atoms with Crippen molar-refractivity contribution in [2.75, 3.05) is 12.4 Å². The molecule has 0 spiro atoms. The first kappa shape index (κ1) is 12.6. The number of esters is 1. The van der Waals surface area contributed by atoms with Gasteiger partial charge in [0.25, 0.3) is 0 Å². The zero-order valence-electron chi connectivity index (χ0n) is 10.1. The number of benzene rings is 1. The molecule has 0 aliphatic rings. The number of carbonyl (C=O) groups is 1. The zero-order valence-corrected chi connectivity index (χ0v) is 10.1. The van der Waals surface area contributed by atoms with Gasteiger partial charge in [-0.2, -0.15) is 0 Å². The van der Waals surface area contributed by atoms with Crippen molar-refractivity contribution in [1.29, 1.82) is 0 Å². The highest BCUT2D eigenvalue weighted by Gasteiger charge is 2.17. The molecule has 0 saturated heterocycles. The Morgan fingerprint density at radius 3 is 2.69 bits per heavy atom. The highest BCUT2D eigenvalue weighted by Crippen LogP contribution is 2.16. The van der Waals surface area contributed by atoms with Crippen LogP contribution in [-0.4, -0.2) is 19.1 Å². The monoisotopic (exact) mass is 221 g/mol. The summed E-state index contributed by atoms with van der Waals surface area (Å²) < 4.78 is 4.78. The van der Waals surface area contributed by atoms with Crippen LogP contribution in [-0.2, 0) is 9.53 Å². The SMILES string of the molecule is CCCC(Nc1ccccc1C)C(=O)OC. The second-order valence-electron chi connectivity index (χ2n) is 3.82. The van der Waals surface area contributed by atoms with E-state index < -0.39 is 0 Å². The van der Waals surface area contributed by atoms with E-state index >= 15 is 0 Å². The number of hydrogen-bond donors (Lipinski definition) is 1. The van der Waals surface area contributed by atoms with Crippen LogP contribution in [0.5, 0.6) is 0 Å². The van der Waals surface area contributed by atoms with Crippen molar-refractivity contribution >= 4 is 11.7 Å². The van der Waals surface area contributed by atoms with Gasteiger partial charge in [-0.3, -0.25) is 0 Å². The number of methoxy groups -OCH3 is 1. The van der Waals surface area contributed by atoms with Gasteiger partial charge in [0.2, 0.25) is 0 Å². The maximum atomic E-state index is 11.5. The number of hydrogen-bond acceptors (Lipinski definition) is 3. The molecule has 0 heterocycles. The molecule has 0 aromatic heterocycles.